The number of benzene rings is 1. The molecular formula is C24H31N5O4S2. The molecule has 1 atom stereocenters. The maximum atomic E-state index is 11.8. The molecule has 2 aliphatic rings. The summed E-state index contributed by atoms with van der Waals surface area (Å²) in [5, 5.41) is 11.1. The summed E-state index contributed by atoms with van der Waals surface area (Å²) in [4.78, 5) is 16.6. The van der Waals surface area contributed by atoms with E-state index < -0.39 is 16.1 Å². The highest BCUT2D eigenvalue weighted by atomic mass is 32.2. The average Bonchev–Trinajstić information content (AvgIpc) is 3.26. The van der Waals surface area contributed by atoms with E-state index in [0.717, 1.165) is 46.8 Å². The third-order valence-electron chi connectivity index (χ3n) is 6.54. The van der Waals surface area contributed by atoms with Crippen LogP contribution in [0.5, 0.6) is 0 Å². The van der Waals surface area contributed by atoms with Crippen molar-refractivity contribution in [2.45, 2.75) is 19.6 Å². The predicted octanol–water partition coefficient (Wildman–Crippen LogP) is 2.33. The molecule has 1 aromatic carbocycles. The zero-order valence-electron chi connectivity index (χ0n) is 20.1. The average molecular weight is 518 g/mol. The van der Waals surface area contributed by atoms with Crippen molar-refractivity contribution >= 4 is 37.4 Å². The van der Waals surface area contributed by atoms with Crippen molar-refractivity contribution in [2.24, 2.45) is 0 Å². The minimum Gasteiger partial charge on any atom is -0.389 e. The van der Waals surface area contributed by atoms with Crippen molar-refractivity contribution in [2.75, 3.05) is 63.6 Å². The van der Waals surface area contributed by atoms with Crippen LogP contribution in [0.25, 0.3) is 21.6 Å². The summed E-state index contributed by atoms with van der Waals surface area (Å²) in [7, 11) is -3.14. The maximum Gasteiger partial charge on any atom is 0.211 e. The van der Waals surface area contributed by atoms with E-state index in [1.165, 1.54) is 11.1 Å². The highest BCUT2D eigenvalue weighted by molar-refractivity contribution is 7.88. The highest BCUT2D eigenvalue weighted by Crippen LogP contribution is 2.35. The van der Waals surface area contributed by atoms with Crippen LogP contribution < -0.4 is 4.90 Å². The number of aromatic nitrogens is 2. The van der Waals surface area contributed by atoms with Gasteiger partial charge in [-0.2, -0.15) is 4.31 Å². The number of hydrogen-bond acceptors (Lipinski definition) is 9. The van der Waals surface area contributed by atoms with Gasteiger partial charge in [-0.25, -0.2) is 18.4 Å². The molecule has 0 bridgehead atoms. The number of hydrogen-bond donors (Lipinski definition) is 1. The molecule has 5 rings (SSSR count). The van der Waals surface area contributed by atoms with Gasteiger partial charge in [-0.15, -0.1) is 11.3 Å². The number of sulfonamides is 1. The van der Waals surface area contributed by atoms with Gasteiger partial charge >= 0.3 is 0 Å². The Balaban J connectivity index is 1.47. The zero-order valence-corrected chi connectivity index (χ0v) is 21.7. The van der Waals surface area contributed by atoms with Crippen LogP contribution >= 0.6 is 11.3 Å². The molecule has 0 aliphatic carbocycles. The maximum absolute atomic E-state index is 11.8. The first-order valence-electron chi connectivity index (χ1n) is 11.9. The quantitative estimate of drug-likeness (QED) is 0.532. The van der Waals surface area contributed by atoms with Crippen molar-refractivity contribution in [3.63, 3.8) is 0 Å². The summed E-state index contributed by atoms with van der Waals surface area (Å²) in [5.41, 5.74) is 1.71. The molecule has 188 valence electrons. The molecule has 4 heterocycles. The summed E-state index contributed by atoms with van der Waals surface area (Å²) in [6.45, 7) is 7.85. The monoisotopic (exact) mass is 517 g/mol. The molecule has 0 spiro atoms. The minimum absolute atomic E-state index is 0.520. The standard InChI is InChI=1S/C24H31N5O4S2/c1-17(30)18-4-3-5-19(14-18)22-25-23(28-10-12-33-13-11-28)21-15-20(34-24(21)26-22)16-27-6-8-29(9-7-27)35(2,31)32/h3-5,14-15,17,30H,6-13,16H2,1-2H3. The molecule has 0 saturated carbocycles. The summed E-state index contributed by atoms with van der Waals surface area (Å²) in [6.07, 6.45) is 0.712. The molecule has 9 nitrogen and oxygen atoms in total. The number of nitrogens with zero attached hydrogens (tertiary/aromatic N) is 5. The number of piperazine rings is 1. The lowest BCUT2D eigenvalue weighted by molar-refractivity contribution is 0.122. The fraction of sp³-hybridized carbons (Fsp3) is 0.500. The van der Waals surface area contributed by atoms with Gasteiger partial charge in [0.05, 0.1) is 31.0 Å². The van der Waals surface area contributed by atoms with Crippen LogP contribution in [0.3, 0.4) is 0 Å². The Bertz CT molecular complexity index is 1300. The molecule has 2 aromatic heterocycles. The fourth-order valence-corrected chi connectivity index (χ4v) is 6.45. The Morgan fingerprint density at radius 3 is 2.51 bits per heavy atom. The number of aliphatic hydroxyl groups excluding tert-OH is 1. The normalized spacial score (nSPS) is 19.3. The number of aliphatic hydroxyl groups is 1. The molecule has 0 radical (unpaired) electrons. The van der Waals surface area contributed by atoms with Gasteiger partial charge in [-0.05, 0) is 24.6 Å². The van der Waals surface area contributed by atoms with E-state index in [-0.39, 0.29) is 0 Å². The molecule has 2 saturated heterocycles. The van der Waals surface area contributed by atoms with Gasteiger partial charge in [0.25, 0.3) is 0 Å². The Morgan fingerprint density at radius 1 is 1.09 bits per heavy atom. The van der Waals surface area contributed by atoms with Crippen molar-refractivity contribution < 1.29 is 18.3 Å². The minimum atomic E-state index is -3.14. The van der Waals surface area contributed by atoms with Crippen LogP contribution in [-0.4, -0.2) is 91.4 Å². The second-order valence-electron chi connectivity index (χ2n) is 9.14. The Hall–Kier alpha value is -2.15. The Morgan fingerprint density at radius 2 is 1.83 bits per heavy atom. The smallest absolute Gasteiger partial charge is 0.211 e. The van der Waals surface area contributed by atoms with Crippen molar-refractivity contribution in [3.8, 4) is 11.4 Å². The summed E-state index contributed by atoms with van der Waals surface area (Å²) in [5.74, 6) is 1.57. The van der Waals surface area contributed by atoms with E-state index in [9.17, 15) is 13.5 Å². The molecule has 35 heavy (non-hydrogen) atoms. The van der Waals surface area contributed by atoms with Crippen molar-refractivity contribution in [1.82, 2.24) is 19.2 Å². The zero-order chi connectivity index (χ0) is 24.6. The summed E-state index contributed by atoms with van der Waals surface area (Å²) in [6, 6.07) is 9.94. The van der Waals surface area contributed by atoms with Crippen LogP contribution in [-0.2, 0) is 21.3 Å². The van der Waals surface area contributed by atoms with Gasteiger partial charge in [0, 0.05) is 56.3 Å². The van der Waals surface area contributed by atoms with E-state index in [2.05, 4.69) is 15.9 Å². The topological polar surface area (TPSA) is 99.1 Å². The Labute approximate surface area is 210 Å². The van der Waals surface area contributed by atoms with E-state index in [1.54, 1.807) is 22.6 Å². The third kappa shape index (κ3) is 5.50. The SMILES string of the molecule is CC(O)c1cccc(-c2nc(N3CCOCC3)c3cc(CN4CCN(S(C)(=O)=O)CC4)sc3n2)c1. The molecule has 3 aromatic rings. The lowest BCUT2D eigenvalue weighted by Crippen LogP contribution is -2.47. The first-order valence-corrected chi connectivity index (χ1v) is 14.5. The number of anilines is 1. The second kappa shape index (κ2) is 10.1. The summed E-state index contributed by atoms with van der Waals surface area (Å²) < 4.78 is 30.8. The van der Waals surface area contributed by atoms with Gasteiger partial charge in [-0.3, -0.25) is 4.90 Å². The number of morpholine rings is 1. The fourth-order valence-electron chi connectivity index (χ4n) is 4.56. The van der Waals surface area contributed by atoms with E-state index in [0.29, 0.717) is 45.2 Å². The van der Waals surface area contributed by atoms with Crippen LogP contribution in [0, 0.1) is 0 Å². The number of ether oxygens (including phenoxy) is 1. The van der Waals surface area contributed by atoms with Crippen LogP contribution in [0.4, 0.5) is 5.82 Å². The lowest BCUT2D eigenvalue weighted by Gasteiger charge is -2.32. The van der Waals surface area contributed by atoms with Crippen LogP contribution in [0.2, 0.25) is 0 Å². The van der Waals surface area contributed by atoms with Gasteiger partial charge in [0.2, 0.25) is 10.0 Å². The van der Waals surface area contributed by atoms with Crippen molar-refractivity contribution in [1.29, 1.82) is 0 Å². The van der Waals surface area contributed by atoms with Gasteiger partial charge in [0.1, 0.15) is 10.6 Å². The van der Waals surface area contributed by atoms with Gasteiger partial charge in [-0.1, -0.05) is 18.2 Å². The van der Waals surface area contributed by atoms with E-state index in [1.807, 2.05) is 24.3 Å². The van der Waals surface area contributed by atoms with E-state index in [4.69, 9.17) is 14.7 Å². The molecule has 1 unspecified atom stereocenters. The van der Waals surface area contributed by atoms with Crippen LogP contribution in [0.1, 0.15) is 23.5 Å². The summed E-state index contributed by atoms with van der Waals surface area (Å²) >= 11 is 1.66. The molecule has 2 fully saturated rings. The third-order valence-corrected chi connectivity index (χ3v) is 8.86. The largest absolute Gasteiger partial charge is 0.389 e. The van der Waals surface area contributed by atoms with Gasteiger partial charge < -0.3 is 14.7 Å². The highest BCUT2D eigenvalue weighted by Gasteiger charge is 2.25. The predicted molar refractivity (Wildman–Crippen MR) is 138 cm³/mol. The molecule has 11 heteroatoms. The Kier molecular flexibility index (Phi) is 7.06. The van der Waals surface area contributed by atoms with Crippen molar-refractivity contribution in [3.05, 3.63) is 40.8 Å². The first-order chi connectivity index (χ1) is 16.8. The number of rotatable bonds is 6. The number of thiophene rings is 1. The van der Waals surface area contributed by atoms with Crippen LogP contribution in [0.15, 0.2) is 30.3 Å². The molecule has 0 amide bonds. The second-order valence-corrected chi connectivity index (χ2v) is 12.2. The van der Waals surface area contributed by atoms with Gasteiger partial charge in [0.15, 0.2) is 5.82 Å². The first kappa shape index (κ1) is 24.5. The number of fused-ring (bicyclic) bond motifs is 1. The molecule has 1 N–H and O–H groups in total. The lowest BCUT2D eigenvalue weighted by atomic mass is 10.1. The molecular weight excluding hydrogens is 486 g/mol. The molecule has 2 aliphatic heterocycles. The van der Waals surface area contributed by atoms with E-state index >= 15 is 0 Å².